The van der Waals surface area contributed by atoms with Gasteiger partial charge in [0.1, 0.15) is 0 Å². The third-order valence-electron chi connectivity index (χ3n) is 2.55. The smallest absolute Gasteiger partial charge is 0.269 e. The van der Waals surface area contributed by atoms with Crippen LogP contribution in [0.1, 0.15) is 5.56 Å². The summed E-state index contributed by atoms with van der Waals surface area (Å²) in [6.07, 6.45) is 1.05. The molecule has 0 aliphatic carbocycles. The first-order valence-corrected chi connectivity index (χ1v) is 6.61. The van der Waals surface area contributed by atoms with E-state index in [9.17, 15) is 14.2 Å². The molecule has 6 heteroatoms. The zero-order valence-electron chi connectivity index (χ0n) is 9.70. The van der Waals surface area contributed by atoms with Crippen molar-refractivity contribution in [3.8, 4) is 0 Å². The van der Waals surface area contributed by atoms with Crippen LogP contribution < -0.4 is 0 Å². The Morgan fingerprint density at radius 3 is 2.50 bits per heavy atom. The van der Waals surface area contributed by atoms with Gasteiger partial charge in [-0.3, -0.25) is 9.59 Å². The Hall–Kier alpha value is -1.84. The molecule has 18 heavy (non-hydrogen) atoms. The molecule has 1 aromatic rings. The van der Waals surface area contributed by atoms with Crippen molar-refractivity contribution < 1.29 is 18.7 Å². The van der Waals surface area contributed by atoms with Crippen LogP contribution in [0.25, 0.3) is 5.57 Å². The van der Waals surface area contributed by atoms with Gasteiger partial charge in [-0.2, -0.15) is 0 Å². The number of amides is 2. The third-order valence-corrected chi connectivity index (χ3v) is 3.48. The fourth-order valence-corrected chi connectivity index (χ4v) is 2.25. The lowest BCUT2D eigenvalue weighted by molar-refractivity contribution is -0.135. The Bertz CT molecular complexity index is 538. The fraction of sp³-hybridized carbons (Fsp3) is 0.167. The lowest BCUT2D eigenvalue weighted by atomic mass is 10.1. The van der Waals surface area contributed by atoms with Crippen LogP contribution in [0, 0.1) is 0 Å². The van der Waals surface area contributed by atoms with E-state index in [2.05, 4.69) is 4.52 Å². The highest BCUT2D eigenvalue weighted by molar-refractivity contribution is 7.39. The van der Waals surface area contributed by atoms with E-state index in [0.29, 0.717) is 11.1 Å². The van der Waals surface area contributed by atoms with Crippen LogP contribution in [-0.4, -0.2) is 30.1 Å². The van der Waals surface area contributed by atoms with Gasteiger partial charge in [0, 0.05) is 6.08 Å². The quantitative estimate of drug-likeness (QED) is 0.614. The van der Waals surface area contributed by atoms with Gasteiger partial charge in [-0.1, -0.05) is 30.3 Å². The van der Waals surface area contributed by atoms with E-state index in [1.165, 1.54) is 13.2 Å². The summed E-state index contributed by atoms with van der Waals surface area (Å²) in [5, 5.41) is 0. The molecule has 92 valence electrons. The molecule has 2 amide bonds. The molecule has 2 rings (SSSR count). The average Bonchev–Trinajstić information content (AvgIpc) is 2.67. The Kier molecular flexibility index (Phi) is 3.65. The maximum Gasteiger partial charge on any atom is 0.530 e. The van der Waals surface area contributed by atoms with Crippen LogP contribution in [0.15, 0.2) is 36.4 Å². The molecule has 0 fully saturated rings. The van der Waals surface area contributed by atoms with Crippen molar-refractivity contribution in [3.63, 3.8) is 0 Å². The minimum atomic E-state index is -2.03. The maximum atomic E-state index is 12.0. The predicted octanol–water partition coefficient (Wildman–Crippen LogP) is 1.79. The summed E-state index contributed by atoms with van der Waals surface area (Å²) < 4.78 is 15.8. The summed E-state index contributed by atoms with van der Waals surface area (Å²) in [7, 11) is -0.757. The van der Waals surface area contributed by atoms with Crippen molar-refractivity contribution in [2.45, 2.75) is 0 Å². The Morgan fingerprint density at radius 2 is 1.89 bits per heavy atom. The SMILES string of the molecule is CO[P+](=O)CN1C(=O)C=C(c2ccccc2)C1=O. The minimum Gasteiger partial charge on any atom is -0.269 e. The number of rotatable bonds is 4. The van der Waals surface area contributed by atoms with Crippen LogP contribution in [0.2, 0.25) is 0 Å². The summed E-state index contributed by atoms with van der Waals surface area (Å²) in [4.78, 5) is 24.6. The van der Waals surface area contributed by atoms with E-state index in [1.54, 1.807) is 24.3 Å². The molecule has 0 saturated heterocycles. The van der Waals surface area contributed by atoms with Gasteiger partial charge in [-0.25, -0.2) is 4.90 Å². The molecule has 1 aromatic carbocycles. The second-order valence-corrected chi connectivity index (χ2v) is 4.97. The fourth-order valence-electron chi connectivity index (χ4n) is 1.64. The van der Waals surface area contributed by atoms with Gasteiger partial charge >= 0.3 is 8.03 Å². The molecular weight excluding hydrogens is 253 g/mol. The molecule has 1 aliphatic rings. The molecule has 1 unspecified atom stereocenters. The van der Waals surface area contributed by atoms with Crippen molar-refractivity contribution >= 4 is 25.4 Å². The highest BCUT2D eigenvalue weighted by Gasteiger charge is 2.37. The molecule has 1 atom stereocenters. The van der Waals surface area contributed by atoms with Gasteiger partial charge in [0.05, 0.1) is 12.7 Å². The average molecular weight is 264 g/mol. The molecular formula is C12H11NO4P+. The highest BCUT2D eigenvalue weighted by atomic mass is 31.1. The Labute approximate surface area is 105 Å². The first-order valence-electron chi connectivity index (χ1n) is 5.25. The van der Waals surface area contributed by atoms with Crippen LogP contribution in [0.3, 0.4) is 0 Å². The van der Waals surface area contributed by atoms with E-state index in [4.69, 9.17) is 0 Å². The zero-order chi connectivity index (χ0) is 13.1. The number of nitrogens with zero attached hydrogens (tertiary/aromatic N) is 1. The van der Waals surface area contributed by atoms with Crippen molar-refractivity contribution in [2.24, 2.45) is 0 Å². The van der Waals surface area contributed by atoms with E-state index in [1.807, 2.05) is 6.07 Å². The van der Waals surface area contributed by atoms with Crippen molar-refractivity contribution in [1.82, 2.24) is 4.90 Å². The van der Waals surface area contributed by atoms with Crippen LogP contribution in [-0.2, 0) is 18.7 Å². The maximum absolute atomic E-state index is 12.0. The lowest BCUT2D eigenvalue weighted by Crippen LogP contribution is -2.30. The van der Waals surface area contributed by atoms with Gasteiger partial charge in [-0.05, 0) is 10.1 Å². The van der Waals surface area contributed by atoms with Crippen molar-refractivity contribution in [3.05, 3.63) is 42.0 Å². The normalized spacial score (nSPS) is 15.9. The molecule has 0 aromatic heterocycles. The summed E-state index contributed by atoms with van der Waals surface area (Å²) >= 11 is 0. The molecule has 1 heterocycles. The number of hydrogen-bond donors (Lipinski definition) is 0. The van der Waals surface area contributed by atoms with Gasteiger partial charge in [-0.15, -0.1) is 4.52 Å². The second-order valence-electron chi connectivity index (χ2n) is 3.65. The number of carbonyl (C=O) groups excluding carboxylic acids is 2. The van der Waals surface area contributed by atoms with E-state index < -0.39 is 19.8 Å². The highest BCUT2D eigenvalue weighted by Crippen LogP contribution is 2.29. The zero-order valence-corrected chi connectivity index (χ0v) is 10.6. The van der Waals surface area contributed by atoms with Crippen LogP contribution >= 0.6 is 8.03 Å². The third kappa shape index (κ3) is 2.37. The van der Waals surface area contributed by atoms with Gasteiger partial charge in [0.2, 0.25) is 0 Å². The summed E-state index contributed by atoms with van der Waals surface area (Å²) in [5.41, 5.74) is 0.992. The molecule has 1 aliphatic heterocycles. The Balaban J connectivity index is 2.23. The Morgan fingerprint density at radius 1 is 1.22 bits per heavy atom. The minimum absolute atomic E-state index is 0.212. The van der Waals surface area contributed by atoms with E-state index in [-0.39, 0.29) is 6.29 Å². The monoisotopic (exact) mass is 264 g/mol. The first kappa shape index (κ1) is 12.6. The second kappa shape index (κ2) is 5.21. The van der Waals surface area contributed by atoms with Gasteiger partial charge in [0.25, 0.3) is 18.1 Å². The van der Waals surface area contributed by atoms with Crippen molar-refractivity contribution in [2.75, 3.05) is 13.4 Å². The van der Waals surface area contributed by atoms with Crippen molar-refractivity contribution in [1.29, 1.82) is 0 Å². The topological polar surface area (TPSA) is 63.7 Å². The standard InChI is InChI=1S/C12H11NO4P/c1-17-18(16)8-13-11(14)7-10(12(13)15)9-5-3-2-4-6-9/h2-7H,8H2,1H3/q+1. The van der Waals surface area contributed by atoms with Gasteiger partial charge < -0.3 is 0 Å². The summed E-state index contributed by atoms with van der Waals surface area (Å²) in [6.45, 7) is 0. The molecule has 0 spiro atoms. The van der Waals surface area contributed by atoms with Crippen LogP contribution in [0.4, 0.5) is 0 Å². The summed E-state index contributed by atoms with van der Waals surface area (Å²) in [5.74, 6) is -0.897. The van der Waals surface area contributed by atoms with Crippen LogP contribution in [0.5, 0.6) is 0 Å². The number of imide groups is 1. The molecule has 0 N–H and O–H groups in total. The number of carbonyl (C=O) groups is 2. The predicted molar refractivity (Wildman–Crippen MR) is 65.8 cm³/mol. The molecule has 0 saturated carbocycles. The summed E-state index contributed by atoms with van der Waals surface area (Å²) in [6, 6.07) is 8.89. The number of benzene rings is 1. The first-order chi connectivity index (χ1) is 8.63. The van der Waals surface area contributed by atoms with Gasteiger partial charge in [0.15, 0.2) is 0 Å². The molecule has 0 radical (unpaired) electrons. The number of hydrogen-bond acceptors (Lipinski definition) is 4. The molecule has 0 bridgehead atoms. The van der Waals surface area contributed by atoms with E-state index >= 15 is 0 Å². The largest absolute Gasteiger partial charge is 0.530 e. The lowest BCUT2D eigenvalue weighted by Gasteiger charge is -2.07. The molecule has 5 nitrogen and oxygen atoms in total. The van der Waals surface area contributed by atoms with E-state index in [0.717, 1.165) is 4.90 Å².